The SMILES string of the molecule is O=C(NCCc1ncc[nH]1)c1c(F)ccc([N+](=O)[O-])c1F. The first-order valence-electron chi connectivity index (χ1n) is 5.89. The number of carbonyl (C=O) groups excluding carboxylic acids is 1. The molecule has 1 amide bonds. The van der Waals surface area contributed by atoms with Gasteiger partial charge in [-0.1, -0.05) is 0 Å². The summed E-state index contributed by atoms with van der Waals surface area (Å²) in [5, 5.41) is 12.9. The maximum atomic E-state index is 13.8. The summed E-state index contributed by atoms with van der Waals surface area (Å²) in [6.45, 7) is 0.0773. The van der Waals surface area contributed by atoms with E-state index in [0.717, 1.165) is 0 Å². The smallest absolute Gasteiger partial charge is 0.305 e. The van der Waals surface area contributed by atoms with E-state index in [4.69, 9.17) is 0 Å². The summed E-state index contributed by atoms with van der Waals surface area (Å²) < 4.78 is 27.3. The highest BCUT2D eigenvalue weighted by Crippen LogP contribution is 2.22. The van der Waals surface area contributed by atoms with Gasteiger partial charge in [-0.15, -0.1) is 0 Å². The fraction of sp³-hybridized carbons (Fsp3) is 0.167. The fourth-order valence-electron chi connectivity index (χ4n) is 1.71. The van der Waals surface area contributed by atoms with Crippen LogP contribution in [0.15, 0.2) is 24.5 Å². The fourth-order valence-corrected chi connectivity index (χ4v) is 1.71. The lowest BCUT2D eigenvalue weighted by atomic mass is 10.1. The molecule has 9 heteroatoms. The Morgan fingerprint density at radius 1 is 1.43 bits per heavy atom. The number of hydrogen-bond acceptors (Lipinski definition) is 4. The summed E-state index contributed by atoms with van der Waals surface area (Å²) in [5.41, 5.74) is -1.92. The number of rotatable bonds is 5. The molecule has 0 saturated carbocycles. The van der Waals surface area contributed by atoms with Gasteiger partial charge in [-0.05, 0) is 6.07 Å². The number of nitro benzene ring substituents is 1. The number of amides is 1. The Bertz CT molecular complexity index is 673. The van der Waals surface area contributed by atoms with Gasteiger partial charge in [0.2, 0.25) is 5.82 Å². The van der Waals surface area contributed by atoms with E-state index in [1.54, 1.807) is 6.20 Å². The zero-order valence-corrected chi connectivity index (χ0v) is 10.6. The Kier molecular flexibility index (Phi) is 4.21. The number of H-pyrrole nitrogens is 1. The molecular weight excluding hydrogens is 286 g/mol. The van der Waals surface area contributed by atoms with Crippen molar-refractivity contribution >= 4 is 11.6 Å². The number of nitrogens with one attached hydrogen (secondary N) is 2. The Morgan fingerprint density at radius 2 is 2.19 bits per heavy atom. The quantitative estimate of drug-likeness (QED) is 0.646. The van der Waals surface area contributed by atoms with E-state index < -0.39 is 33.7 Å². The van der Waals surface area contributed by atoms with Crippen molar-refractivity contribution < 1.29 is 18.5 Å². The molecule has 0 spiro atoms. The number of aromatic nitrogens is 2. The van der Waals surface area contributed by atoms with Gasteiger partial charge in [0, 0.05) is 31.4 Å². The highest BCUT2D eigenvalue weighted by atomic mass is 19.1. The summed E-state index contributed by atoms with van der Waals surface area (Å²) >= 11 is 0. The van der Waals surface area contributed by atoms with Crippen LogP contribution in [0.5, 0.6) is 0 Å². The van der Waals surface area contributed by atoms with Gasteiger partial charge in [0.1, 0.15) is 17.2 Å². The number of halogens is 2. The van der Waals surface area contributed by atoms with Gasteiger partial charge in [0.15, 0.2) is 0 Å². The van der Waals surface area contributed by atoms with Gasteiger partial charge in [-0.2, -0.15) is 4.39 Å². The maximum Gasteiger partial charge on any atom is 0.305 e. The molecule has 7 nitrogen and oxygen atoms in total. The van der Waals surface area contributed by atoms with Crippen LogP contribution in [-0.4, -0.2) is 27.3 Å². The van der Waals surface area contributed by atoms with Crippen molar-refractivity contribution in [2.75, 3.05) is 6.54 Å². The second-order valence-electron chi connectivity index (χ2n) is 4.05. The number of imidazole rings is 1. The first kappa shape index (κ1) is 14.6. The molecular formula is C12H10F2N4O3. The van der Waals surface area contributed by atoms with E-state index in [0.29, 0.717) is 24.4 Å². The predicted molar refractivity (Wildman–Crippen MR) is 67.6 cm³/mol. The Labute approximate surface area is 117 Å². The van der Waals surface area contributed by atoms with Gasteiger partial charge in [0.05, 0.1) is 4.92 Å². The Balaban J connectivity index is 2.11. The topological polar surface area (TPSA) is 101 Å². The van der Waals surface area contributed by atoms with Crippen LogP contribution < -0.4 is 5.32 Å². The van der Waals surface area contributed by atoms with E-state index >= 15 is 0 Å². The number of hydrogen-bond donors (Lipinski definition) is 2. The monoisotopic (exact) mass is 296 g/mol. The molecule has 0 radical (unpaired) electrons. The summed E-state index contributed by atoms with van der Waals surface area (Å²) in [6, 6.07) is 1.35. The van der Waals surface area contributed by atoms with E-state index in [1.807, 2.05) is 0 Å². The molecule has 2 N–H and O–H groups in total. The average molecular weight is 296 g/mol. The number of carbonyl (C=O) groups is 1. The predicted octanol–water partition coefficient (Wildman–Crippen LogP) is 1.57. The first-order chi connectivity index (χ1) is 10.0. The minimum absolute atomic E-state index is 0.0773. The molecule has 21 heavy (non-hydrogen) atoms. The summed E-state index contributed by atoms with van der Waals surface area (Å²) in [5.74, 6) is -3.11. The zero-order valence-electron chi connectivity index (χ0n) is 10.6. The molecule has 0 unspecified atom stereocenters. The van der Waals surface area contributed by atoms with Gasteiger partial charge >= 0.3 is 5.69 Å². The molecule has 2 aromatic rings. The molecule has 0 bridgehead atoms. The van der Waals surface area contributed by atoms with E-state index in [-0.39, 0.29) is 6.54 Å². The summed E-state index contributed by atoms with van der Waals surface area (Å²) in [6.07, 6.45) is 3.45. The van der Waals surface area contributed by atoms with Crippen LogP contribution in [0.2, 0.25) is 0 Å². The van der Waals surface area contributed by atoms with Gasteiger partial charge < -0.3 is 10.3 Å². The van der Waals surface area contributed by atoms with Gasteiger partial charge in [-0.25, -0.2) is 9.37 Å². The standard InChI is InChI=1S/C12H10F2N4O3/c13-7-1-2-8(18(20)21)11(14)10(7)12(19)17-4-3-9-15-5-6-16-9/h1-2,5-6H,3-4H2,(H,15,16)(H,17,19). The normalized spacial score (nSPS) is 10.4. The van der Waals surface area contributed by atoms with Crippen molar-refractivity contribution in [3.05, 3.63) is 57.7 Å². The lowest BCUT2D eigenvalue weighted by molar-refractivity contribution is -0.387. The molecule has 0 fully saturated rings. The summed E-state index contributed by atoms with van der Waals surface area (Å²) in [4.78, 5) is 28.0. The van der Waals surface area contributed by atoms with Crippen LogP contribution in [0.4, 0.5) is 14.5 Å². The van der Waals surface area contributed by atoms with Crippen LogP contribution in [0, 0.1) is 21.7 Å². The van der Waals surface area contributed by atoms with Crippen LogP contribution in [0.3, 0.4) is 0 Å². The van der Waals surface area contributed by atoms with Crippen LogP contribution in [0.25, 0.3) is 0 Å². The van der Waals surface area contributed by atoms with Gasteiger partial charge in [0.25, 0.3) is 5.91 Å². The first-order valence-corrected chi connectivity index (χ1v) is 5.89. The molecule has 0 aliphatic carbocycles. The van der Waals surface area contributed by atoms with E-state index in [1.165, 1.54) is 6.20 Å². The van der Waals surface area contributed by atoms with Crippen molar-refractivity contribution in [1.29, 1.82) is 0 Å². The van der Waals surface area contributed by atoms with Crippen molar-refractivity contribution in [3.8, 4) is 0 Å². The third-order valence-corrected chi connectivity index (χ3v) is 2.70. The molecule has 0 atom stereocenters. The molecule has 1 heterocycles. The Morgan fingerprint density at radius 3 is 2.81 bits per heavy atom. The third kappa shape index (κ3) is 3.19. The van der Waals surface area contributed by atoms with Crippen LogP contribution in [0.1, 0.15) is 16.2 Å². The molecule has 0 saturated heterocycles. The molecule has 1 aromatic heterocycles. The highest BCUT2D eigenvalue weighted by molar-refractivity contribution is 5.95. The largest absolute Gasteiger partial charge is 0.351 e. The van der Waals surface area contributed by atoms with E-state index in [9.17, 15) is 23.7 Å². The van der Waals surface area contributed by atoms with Gasteiger partial charge in [-0.3, -0.25) is 14.9 Å². The molecule has 110 valence electrons. The van der Waals surface area contributed by atoms with Crippen molar-refractivity contribution in [2.24, 2.45) is 0 Å². The minimum Gasteiger partial charge on any atom is -0.351 e. The molecule has 0 aliphatic rings. The molecule has 2 rings (SSSR count). The third-order valence-electron chi connectivity index (χ3n) is 2.70. The summed E-state index contributed by atoms with van der Waals surface area (Å²) in [7, 11) is 0. The lowest BCUT2D eigenvalue weighted by Gasteiger charge is -2.06. The number of benzene rings is 1. The second-order valence-corrected chi connectivity index (χ2v) is 4.05. The molecule has 0 aliphatic heterocycles. The highest BCUT2D eigenvalue weighted by Gasteiger charge is 2.25. The number of nitrogens with zero attached hydrogens (tertiary/aromatic N) is 2. The maximum absolute atomic E-state index is 13.8. The van der Waals surface area contributed by atoms with Crippen molar-refractivity contribution in [1.82, 2.24) is 15.3 Å². The molecule has 1 aromatic carbocycles. The second kappa shape index (κ2) is 6.07. The van der Waals surface area contributed by atoms with Crippen LogP contribution in [-0.2, 0) is 6.42 Å². The minimum atomic E-state index is -1.49. The van der Waals surface area contributed by atoms with Crippen molar-refractivity contribution in [2.45, 2.75) is 6.42 Å². The Hall–Kier alpha value is -2.84. The number of aromatic amines is 1. The average Bonchev–Trinajstić information content (AvgIpc) is 2.91. The lowest BCUT2D eigenvalue weighted by Crippen LogP contribution is -2.28. The number of nitro groups is 1. The zero-order chi connectivity index (χ0) is 15.4. The van der Waals surface area contributed by atoms with E-state index in [2.05, 4.69) is 15.3 Å². The van der Waals surface area contributed by atoms with Crippen LogP contribution >= 0.6 is 0 Å². The van der Waals surface area contributed by atoms with Crippen molar-refractivity contribution in [3.63, 3.8) is 0 Å².